The highest BCUT2D eigenvalue weighted by molar-refractivity contribution is 6.33. The quantitative estimate of drug-likeness (QED) is 0.861. The number of anilines is 1. The van der Waals surface area contributed by atoms with Crippen LogP contribution in [-0.4, -0.2) is 23.6 Å². The van der Waals surface area contributed by atoms with Gasteiger partial charge in [0.2, 0.25) is 5.91 Å². The van der Waals surface area contributed by atoms with Gasteiger partial charge in [0.15, 0.2) is 5.82 Å². The lowest BCUT2D eigenvalue weighted by molar-refractivity contribution is -0.119. The van der Waals surface area contributed by atoms with Crippen LogP contribution in [0.4, 0.5) is 5.82 Å². The van der Waals surface area contributed by atoms with Crippen LogP contribution < -0.4 is 5.32 Å². The number of carbonyl (C=O) groups is 1. The molecule has 2 rings (SSSR count). The summed E-state index contributed by atoms with van der Waals surface area (Å²) >= 11 is 5.90. The minimum atomic E-state index is -0.104. The van der Waals surface area contributed by atoms with E-state index in [-0.39, 0.29) is 17.9 Å². The number of amides is 1. The van der Waals surface area contributed by atoms with Crippen LogP contribution in [-0.2, 0) is 9.53 Å². The van der Waals surface area contributed by atoms with Crippen molar-refractivity contribution in [1.29, 1.82) is 0 Å². The maximum absolute atomic E-state index is 11.8. The van der Waals surface area contributed by atoms with Crippen LogP contribution in [0.1, 0.15) is 13.3 Å². The molecule has 0 aliphatic carbocycles. The van der Waals surface area contributed by atoms with Gasteiger partial charge < -0.3 is 10.1 Å². The Kier molecular flexibility index (Phi) is 3.41. The molecule has 5 heteroatoms. The van der Waals surface area contributed by atoms with Gasteiger partial charge in [0.05, 0.1) is 23.7 Å². The maximum Gasteiger partial charge on any atom is 0.231 e. The molecule has 1 saturated heterocycles. The number of halogens is 1. The number of nitrogens with one attached hydrogen (secondary N) is 1. The van der Waals surface area contributed by atoms with Crippen LogP contribution in [0.2, 0.25) is 5.02 Å². The SMILES string of the molecule is CC1CC(C(=O)Nc2ncccc2Cl)CO1. The Morgan fingerprint density at radius 2 is 2.50 bits per heavy atom. The van der Waals surface area contributed by atoms with Crippen molar-refractivity contribution in [1.82, 2.24) is 4.98 Å². The number of rotatable bonds is 2. The van der Waals surface area contributed by atoms with Crippen molar-refractivity contribution < 1.29 is 9.53 Å². The number of ether oxygens (including phenoxy) is 1. The predicted octanol–water partition coefficient (Wildman–Crippen LogP) is 2.10. The molecule has 0 saturated carbocycles. The second kappa shape index (κ2) is 4.80. The fraction of sp³-hybridized carbons (Fsp3) is 0.455. The average Bonchev–Trinajstić information content (AvgIpc) is 2.68. The van der Waals surface area contributed by atoms with Crippen molar-refractivity contribution >= 4 is 23.3 Å². The molecule has 1 aromatic heterocycles. The van der Waals surface area contributed by atoms with Gasteiger partial charge in [0, 0.05) is 6.20 Å². The van der Waals surface area contributed by atoms with E-state index in [1.165, 1.54) is 0 Å². The standard InChI is InChI=1S/C11H13ClN2O2/c1-7-5-8(6-16-7)11(15)14-10-9(12)3-2-4-13-10/h2-4,7-8H,5-6H2,1H3,(H,13,14,15). The summed E-state index contributed by atoms with van der Waals surface area (Å²) in [5.74, 6) is 0.228. The minimum absolute atomic E-state index is 0.0787. The molecular weight excluding hydrogens is 228 g/mol. The van der Waals surface area contributed by atoms with E-state index in [0.717, 1.165) is 6.42 Å². The zero-order valence-electron chi connectivity index (χ0n) is 8.94. The highest BCUT2D eigenvalue weighted by Gasteiger charge is 2.28. The van der Waals surface area contributed by atoms with Gasteiger partial charge in [-0.2, -0.15) is 0 Å². The van der Waals surface area contributed by atoms with Crippen LogP contribution in [0.5, 0.6) is 0 Å². The minimum Gasteiger partial charge on any atom is -0.378 e. The molecule has 1 amide bonds. The molecule has 2 atom stereocenters. The first-order valence-electron chi connectivity index (χ1n) is 5.20. The molecule has 1 aliphatic rings. The third-order valence-corrected chi connectivity index (χ3v) is 2.87. The van der Waals surface area contributed by atoms with E-state index in [2.05, 4.69) is 10.3 Å². The fourth-order valence-electron chi connectivity index (χ4n) is 1.70. The molecule has 0 aromatic carbocycles. The Morgan fingerprint density at radius 3 is 3.12 bits per heavy atom. The third kappa shape index (κ3) is 2.51. The fourth-order valence-corrected chi connectivity index (χ4v) is 1.87. The zero-order valence-corrected chi connectivity index (χ0v) is 9.70. The molecule has 2 heterocycles. The van der Waals surface area contributed by atoms with Crippen molar-refractivity contribution in [2.24, 2.45) is 5.92 Å². The smallest absolute Gasteiger partial charge is 0.231 e. The van der Waals surface area contributed by atoms with Crippen LogP contribution in [0, 0.1) is 5.92 Å². The number of carbonyl (C=O) groups excluding carboxylic acids is 1. The van der Waals surface area contributed by atoms with E-state index in [0.29, 0.717) is 17.4 Å². The Morgan fingerprint density at radius 1 is 1.69 bits per heavy atom. The van der Waals surface area contributed by atoms with Crippen LogP contribution in [0.15, 0.2) is 18.3 Å². The molecule has 0 bridgehead atoms. The first-order valence-corrected chi connectivity index (χ1v) is 5.57. The highest BCUT2D eigenvalue weighted by atomic mass is 35.5. The summed E-state index contributed by atoms with van der Waals surface area (Å²) in [7, 11) is 0. The monoisotopic (exact) mass is 240 g/mol. The maximum atomic E-state index is 11.8. The summed E-state index contributed by atoms with van der Waals surface area (Å²) < 4.78 is 5.34. The molecule has 0 radical (unpaired) electrons. The lowest BCUT2D eigenvalue weighted by Gasteiger charge is -2.09. The first kappa shape index (κ1) is 11.4. The largest absolute Gasteiger partial charge is 0.378 e. The van der Waals surface area contributed by atoms with Crippen LogP contribution in [0.25, 0.3) is 0 Å². The Hall–Kier alpha value is -1.13. The first-order chi connectivity index (χ1) is 7.66. The third-order valence-electron chi connectivity index (χ3n) is 2.57. The van der Waals surface area contributed by atoms with Crippen LogP contribution in [0.3, 0.4) is 0 Å². The molecular formula is C11H13ClN2O2. The van der Waals surface area contributed by atoms with E-state index in [1.54, 1.807) is 18.3 Å². The van der Waals surface area contributed by atoms with Gasteiger partial charge in [0.25, 0.3) is 0 Å². The molecule has 1 aliphatic heterocycles. The van der Waals surface area contributed by atoms with Gasteiger partial charge in [-0.15, -0.1) is 0 Å². The normalized spacial score (nSPS) is 24.4. The summed E-state index contributed by atoms with van der Waals surface area (Å²) in [6.07, 6.45) is 2.49. The molecule has 16 heavy (non-hydrogen) atoms. The van der Waals surface area contributed by atoms with Crippen molar-refractivity contribution in [2.45, 2.75) is 19.4 Å². The van der Waals surface area contributed by atoms with Crippen molar-refractivity contribution in [3.8, 4) is 0 Å². The summed E-state index contributed by atoms with van der Waals surface area (Å²) in [6, 6.07) is 3.41. The number of aromatic nitrogens is 1. The van der Waals surface area contributed by atoms with E-state index in [4.69, 9.17) is 16.3 Å². The predicted molar refractivity (Wildman–Crippen MR) is 61.4 cm³/mol. The highest BCUT2D eigenvalue weighted by Crippen LogP contribution is 2.22. The van der Waals surface area contributed by atoms with Crippen molar-refractivity contribution in [3.05, 3.63) is 23.4 Å². The zero-order chi connectivity index (χ0) is 11.5. The second-order valence-electron chi connectivity index (χ2n) is 3.90. The molecule has 1 aromatic rings. The Labute approximate surface area is 99.0 Å². The van der Waals surface area contributed by atoms with Gasteiger partial charge in [-0.1, -0.05) is 11.6 Å². The van der Waals surface area contributed by atoms with Gasteiger partial charge >= 0.3 is 0 Å². The average molecular weight is 241 g/mol. The molecule has 4 nitrogen and oxygen atoms in total. The van der Waals surface area contributed by atoms with Crippen LogP contribution >= 0.6 is 11.6 Å². The molecule has 1 fully saturated rings. The van der Waals surface area contributed by atoms with E-state index >= 15 is 0 Å². The lowest BCUT2D eigenvalue weighted by Crippen LogP contribution is -2.23. The van der Waals surface area contributed by atoms with Gasteiger partial charge in [-0.25, -0.2) is 4.98 Å². The summed E-state index contributed by atoms with van der Waals surface area (Å²) in [5, 5.41) is 3.16. The molecule has 1 N–H and O–H groups in total. The summed E-state index contributed by atoms with van der Waals surface area (Å²) in [5.41, 5.74) is 0. The van der Waals surface area contributed by atoms with Crippen molar-refractivity contribution in [2.75, 3.05) is 11.9 Å². The topological polar surface area (TPSA) is 51.2 Å². The summed E-state index contributed by atoms with van der Waals surface area (Å²) in [4.78, 5) is 15.8. The molecule has 0 spiro atoms. The van der Waals surface area contributed by atoms with E-state index in [9.17, 15) is 4.79 Å². The second-order valence-corrected chi connectivity index (χ2v) is 4.31. The number of hydrogen-bond acceptors (Lipinski definition) is 3. The molecule has 86 valence electrons. The van der Waals surface area contributed by atoms with Crippen molar-refractivity contribution in [3.63, 3.8) is 0 Å². The van der Waals surface area contributed by atoms with Gasteiger partial charge in [-0.3, -0.25) is 4.79 Å². The van der Waals surface area contributed by atoms with E-state index in [1.807, 2.05) is 6.92 Å². The summed E-state index contributed by atoms with van der Waals surface area (Å²) in [6.45, 7) is 2.43. The lowest BCUT2D eigenvalue weighted by atomic mass is 10.1. The Bertz CT molecular complexity index is 397. The van der Waals surface area contributed by atoms with Gasteiger partial charge in [-0.05, 0) is 25.5 Å². The molecule has 2 unspecified atom stereocenters. The number of nitrogens with zero attached hydrogens (tertiary/aromatic N) is 1. The number of pyridine rings is 1. The Balaban J connectivity index is 2.00. The van der Waals surface area contributed by atoms with E-state index < -0.39 is 0 Å². The number of hydrogen-bond donors (Lipinski definition) is 1. The van der Waals surface area contributed by atoms with Gasteiger partial charge in [0.1, 0.15) is 0 Å².